The molecule has 1 fully saturated rings. The molecule has 0 spiro atoms. The first-order chi connectivity index (χ1) is 19.9. The maximum absolute atomic E-state index is 13.3. The highest BCUT2D eigenvalue weighted by Gasteiger charge is 2.53. The van der Waals surface area contributed by atoms with Gasteiger partial charge in [-0.25, -0.2) is 4.39 Å². The Bertz CT molecular complexity index is 1550. The molecule has 0 unspecified atom stereocenters. The minimum atomic E-state index is -1.46. The molecule has 222 valence electrons. The van der Waals surface area contributed by atoms with Gasteiger partial charge in [-0.05, 0) is 29.8 Å². The largest absolute Gasteiger partial charge is 0.463 e. The average molecular weight is 587 g/mol. The molecule has 5 atom stereocenters. The highest BCUT2D eigenvalue weighted by molar-refractivity contribution is 5.82. The molecule has 2 heterocycles. The Hall–Kier alpha value is -4.78. The zero-order chi connectivity index (χ0) is 30.6. The second kappa shape index (κ2) is 12.8. The summed E-state index contributed by atoms with van der Waals surface area (Å²) in [4.78, 5) is 60.6. The molecule has 0 saturated carbocycles. The first-order valence-electron chi connectivity index (χ1n) is 12.7. The molecule has 4 rings (SSSR count). The molecule has 0 amide bonds. The second-order valence-electron chi connectivity index (χ2n) is 9.33. The first-order valence-corrected chi connectivity index (χ1v) is 12.7. The number of hydrogen-bond donors (Lipinski definition) is 0. The molecule has 0 radical (unpaired) electrons. The van der Waals surface area contributed by atoms with Crippen molar-refractivity contribution in [1.29, 1.82) is 0 Å². The number of halogens is 1. The van der Waals surface area contributed by atoms with Crippen molar-refractivity contribution in [3.05, 3.63) is 64.8 Å². The number of carbonyl (C=O) groups excluding carboxylic acids is 4. The molecule has 42 heavy (non-hydrogen) atoms. The van der Waals surface area contributed by atoms with E-state index in [-0.39, 0.29) is 27.7 Å². The van der Waals surface area contributed by atoms with Gasteiger partial charge in [-0.2, -0.15) is 0 Å². The summed E-state index contributed by atoms with van der Waals surface area (Å²) >= 11 is 0. The number of fused-ring (bicyclic) bond motifs is 1. The van der Waals surface area contributed by atoms with Gasteiger partial charge in [-0.15, -0.1) is 0 Å². The molecule has 0 aliphatic carbocycles. The van der Waals surface area contributed by atoms with Crippen LogP contribution in [0.5, 0.6) is 5.75 Å². The van der Waals surface area contributed by atoms with E-state index in [0.29, 0.717) is 5.56 Å². The second-order valence-corrected chi connectivity index (χ2v) is 9.33. The normalized spacial score (nSPS) is 21.7. The van der Waals surface area contributed by atoms with Crippen LogP contribution in [-0.4, -0.2) is 61.2 Å². The lowest BCUT2D eigenvalue weighted by molar-refractivity contribution is -0.288. The molecular formula is C29H27FO12. The highest BCUT2D eigenvalue weighted by Crippen LogP contribution is 2.32. The molecule has 12 nitrogen and oxygen atoms in total. The molecule has 1 aliphatic heterocycles. The van der Waals surface area contributed by atoms with E-state index in [2.05, 4.69) is 0 Å². The van der Waals surface area contributed by atoms with Crippen molar-refractivity contribution in [3.8, 4) is 16.9 Å². The summed E-state index contributed by atoms with van der Waals surface area (Å²) in [5, 5.41) is 0.200. The first kappa shape index (κ1) is 30.2. The lowest BCUT2D eigenvalue weighted by Gasteiger charge is -2.43. The smallest absolute Gasteiger partial charge is 0.303 e. The van der Waals surface area contributed by atoms with Crippen LogP contribution < -0.4 is 10.2 Å². The van der Waals surface area contributed by atoms with Crippen molar-refractivity contribution in [3.63, 3.8) is 0 Å². The average Bonchev–Trinajstić information content (AvgIpc) is 2.91. The molecule has 1 aliphatic rings. The molecule has 1 aromatic heterocycles. The molecule has 0 N–H and O–H groups in total. The van der Waals surface area contributed by atoms with Gasteiger partial charge in [0.25, 0.3) is 0 Å². The van der Waals surface area contributed by atoms with Gasteiger partial charge in [-0.3, -0.25) is 24.0 Å². The predicted molar refractivity (Wildman–Crippen MR) is 140 cm³/mol. The topological polar surface area (TPSA) is 154 Å². The Morgan fingerprint density at radius 2 is 1.43 bits per heavy atom. The van der Waals surface area contributed by atoms with Crippen molar-refractivity contribution in [1.82, 2.24) is 0 Å². The Labute approximate surface area is 238 Å². The van der Waals surface area contributed by atoms with Crippen LogP contribution in [0.2, 0.25) is 0 Å². The maximum atomic E-state index is 13.3. The van der Waals surface area contributed by atoms with E-state index in [0.717, 1.165) is 27.7 Å². The molecule has 2 aromatic carbocycles. The summed E-state index contributed by atoms with van der Waals surface area (Å²) in [5.41, 5.74) is 0.441. The zero-order valence-electron chi connectivity index (χ0n) is 23.0. The number of hydrogen-bond acceptors (Lipinski definition) is 12. The van der Waals surface area contributed by atoms with Gasteiger partial charge < -0.3 is 32.8 Å². The summed E-state index contributed by atoms with van der Waals surface area (Å²) in [6, 6.07) is 9.62. The molecule has 0 bridgehead atoms. The van der Waals surface area contributed by atoms with Crippen LogP contribution in [0, 0.1) is 5.82 Å². The van der Waals surface area contributed by atoms with E-state index in [4.69, 9.17) is 32.8 Å². The van der Waals surface area contributed by atoms with Crippen molar-refractivity contribution in [2.45, 2.75) is 58.4 Å². The SMILES string of the molecule is CC(=O)OC[C@H]1O[C@H](Oc2ccc3c(=O)c(-c4ccc(F)cc4)coc3c2)[C@@H](OC(C)=O)[C@@H](OC(C)=O)[C@@H]1OC(C)=O. The van der Waals surface area contributed by atoms with E-state index in [1.54, 1.807) is 0 Å². The van der Waals surface area contributed by atoms with Crippen molar-refractivity contribution < 1.29 is 56.4 Å². The van der Waals surface area contributed by atoms with Crippen LogP contribution in [0.3, 0.4) is 0 Å². The number of benzene rings is 2. The third-order valence-electron chi connectivity index (χ3n) is 6.10. The summed E-state index contributed by atoms with van der Waals surface area (Å²) in [6.07, 6.45) is -5.62. The van der Waals surface area contributed by atoms with Crippen molar-refractivity contribution >= 4 is 34.8 Å². The highest BCUT2D eigenvalue weighted by atomic mass is 19.1. The van der Waals surface area contributed by atoms with Crippen LogP contribution in [-0.2, 0) is 42.9 Å². The van der Waals surface area contributed by atoms with E-state index in [1.165, 1.54) is 48.7 Å². The summed E-state index contributed by atoms with van der Waals surface area (Å²) in [6.45, 7) is 4.07. The maximum Gasteiger partial charge on any atom is 0.303 e. The van der Waals surface area contributed by atoms with Crippen LogP contribution in [0.25, 0.3) is 22.1 Å². The molecule has 1 saturated heterocycles. The molecule has 13 heteroatoms. The Morgan fingerprint density at radius 1 is 0.810 bits per heavy atom. The fraction of sp³-hybridized carbons (Fsp3) is 0.345. The number of esters is 4. The summed E-state index contributed by atoms with van der Waals surface area (Å²) in [5.74, 6) is -3.35. The number of carbonyl (C=O) groups is 4. The zero-order valence-corrected chi connectivity index (χ0v) is 23.0. The van der Waals surface area contributed by atoms with Crippen LogP contribution in [0.4, 0.5) is 4.39 Å². The number of ether oxygens (including phenoxy) is 6. The van der Waals surface area contributed by atoms with Gasteiger partial charge >= 0.3 is 23.9 Å². The fourth-order valence-corrected chi connectivity index (χ4v) is 4.43. The summed E-state index contributed by atoms with van der Waals surface area (Å²) in [7, 11) is 0. The summed E-state index contributed by atoms with van der Waals surface area (Å²) < 4.78 is 52.1. The Balaban J connectivity index is 1.70. The van der Waals surface area contributed by atoms with Gasteiger partial charge in [-0.1, -0.05) is 12.1 Å². The third-order valence-corrected chi connectivity index (χ3v) is 6.10. The Kier molecular flexibility index (Phi) is 9.21. The lowest BCUT2D eigenvalue weighted by Crippen LogP contribution is -2.63. The van der Waals surface area contributed by atoms with Gasteiger partial charge in [0, 0.05) is 33.8 Å². The van der Waals surface area contributed by atoms with E-state index in [1.807, 2.05) is 0 Å². The Morgan fingerprint density at radius 3 is 2.05 bits per heavy atom. The van der Waals surface area contributed by atoms with Crippen LogP contribution in [0.15, 0.2) is 57.9 Å². The van der Waals surface area contributed by atoms with Gasteiger partial charge in [0.1, 0.15) is 36.1 Å². The van der Waals surface area contributed by atoms with Crippen LogP contribution >= 0.6 is 0 Å². The van der Waals surface area contributed by atoms with Crippen molar-refractivity contribution in [2.75, 3.05) is 6.61 Å². The molecular weight excluding hydrogens is 559 g/mol. The fourth-order valence-electron chi connectivity index (χ4n) is 4.43. The van der Waals surface area contributed by atoms with Crippen molar-refractivity contribution in [2.24, 2.45) is 0 Å². The van der Waals surface area contributed by atoms with Crippen LogP contribution in [0.1, 0.15) is 27.7 Å². The minimum absolute atomic E-state index is 0.0982. The van der Waals surface area contributed by atoms with E-state index < -0.39 is 67.0 Å². The lowest BCUT2D eigenvalue weighted by atomic mass is 9.98. The van der Waals surface area contributed by atoms with E-state index >= 15 is 0 Å². The standard InChI is InChI=1S/C29H27FO12/c1-14(31)36-13-24-26(38-15(2)32)27(39-16(3)33)28(40-17(4)34)29(42-24)41-20-9-10-21-23(11-20)37-12-22(25(21)35)18-5-7-19(30)8-6-18/h5-12,24,26-29H,13H2,1-4H3/t24-,26-,27+,28+,29+/m1/s1. The minimum Gasteiger partial charge on any atom is -0.463 e. The molecule has 3 aromatic rings. The quantitative estimate of drug-likeness (QED) is 0.281. The number of rotatable bonds is 8. The monoisotopic (exact) mass is 586 g/mol. The van der Waals surface area contributed by atoms with Gasteiger partial charge in [0.15, 0.2) is 17.6 Å². The van der Waals surface area contributed by atoms with E-state index in [9.17, 15) is 28.4 Å². The van der Waals surface area contributed by atoms with Gasteiger partial charge in [0.2, 0.25) is 12.4 Å². The predicted octanol–water partition coefficient (Wildman–Crippen LogP) is 3.06. The third kappa shape index (κ3) is 7.10. The van der Waals surface area contributed by atoms with Gasteiger partial charge in [0.05, 0.1) is 10.9 Å².